The van der Waals surface area contributed by atoms with Gasteiger partial charge in [-0.25, -0.2) is 0 Å². The summed E-state index contributed by atoms with van der Waals surface area (Å²) in [6.07, 6.45) is 12.7. The number of hydrogen-bond acceptors (Lipinski definition) is 3. The predicted molar refractivity (Wildman–Crippen MR) is 142 cm³/mol. The van der Waals surface area contributed by atoms with Crippen LogP contribution in [0.3, 0.4) is 0 Å². The molecular weight excluding hydrogens is 432 g/mol. The van der Waals surface area contributed by atoms with Gasteiger partial charge in [-0.3, -0.25) is 4.79 Å². The summed E-state index contributed by atoms with van der Waals surface area (Å²) in [6.45, 7) is 21.3. The lowest BCUT2D eigenvalue weighted by Gasteiger charge is -2.72. The van der Waals surface area contributed by atoms with E-state index in [1.54, 1.807) is 12.5 Å². The van der Waals surface area contributed by atoms with Crippen LogP contribution in [0, 0.1) is 50.2 Å². The number of aliphatic hydroxyl groups is 1. The molecule has 0 radical (unpaired) electrons. The smallest absolute Gasteiger partial charge is 0.302 e. The number of fused-ring (bicyclic) bond motifs is 7. The topological polar surface area (TPSA) is 46.5 Å². The highest BCUT2D eigenvalue weighted by atomic mass is 16.5. The second kappa shape index (κ2) is 7.61. The van der Waals surface area contributed by atoms with Crippen molar-refractivity contribution in [1.29, 1.82) is 0 Å². The van der Waals surface area contributed by atoms with Crippen molar-refractivity contribution >= 4 is 5.97 Å². The minimum atomic E-state index is -0.219. The molecule has 0 saturated heterocycles. The van der Waals surface area contributed by atoms with E-state index in [2.05, 4.69) is 61.5 Å². The first-order chi connectivity index (χ1) is 16.0. The van der Waals surface area contributed by atoms with Crippen LogP contribution < -0.4 is 0 Å². The molecule has 0 aromatic heterocycles. The molecule has 3 heteroatoms. The monoisotopic (exact) mass is 484 g/mol. The van der Waals surface area contributed by atoms with Gasteiger partial charge < -0.3 is 9.84 Å². The molecule has 198 valence electrons. The molecule has 5 rings (SSSR count). The Bertz CT molecular complexity index is 931. The molecule has 0 aromatic rings. The van der Waals surface area contributed by atoms with Gasteiger partial charge in [0.15, 0.2) is 0 Å². The summed E-state index contributed by atoms with van der Waals surface area (Å²) >= 11 is 0. The molecule has 35 heavy (non-hydrogen) atoms. The van der Waals surface area contributed by atoms with Crippen molar-refractivity contribution in [3.63, 3.8) is 0 Å². The maximum Gasteiger partial charge on any atom is 0.302 e. The van der Waals surface area contributed by atoms with Gasteiger partial charge in [0, 0.05) is 17.8 Å². The first kappa shape index (κ1) is 25.8. The van der Waals surface area contributed by atoms with Gasteiger partial charge in [-0.1, -0.05) is 67.0 Å². The maximum absolute atomic E-state index is 11.9. The average Bonchev–Trinajstić information content (AvgIpc) is 2.72. The van der Waals surface area contributed by atoms with Crippen molar-refractivity contribution in [3.8, 4) is 0 Å². The quantitative estimate of drug-likeness (QED) is 0.306. The van der Waals surface area contributed by atoms with Crippen LogP contribution in [-0.4, -0.2) is 23.3 Å². The van der Waals surface area contributed by atoms with Crippen molar-refractivity contribution in [2.45, 2.75) is 132 Å². The van der Waals surface area contributed by atoms with Crippen LogP contribution in [0.5, 0.6) is 0 Å². The van der Waals surface area contributed by atoms with Crippen LogP contribution in [-0.2, 0) is 9.53 Å². The van der Waals surface area contributed by atoms with Crippen molar-refractivity contribution in [3.05, 3.63) is 11.6 Å². The molecule has 0 aromatic carbocycles. The molecule has 0 aliphatic heterocycles. The van der Waals surface area contributed by atoms with Crippen LogP contribution in [0.25, 0.3) is 0 Å². The highest BCUT2D eigenvalue weighted by Crippen LogP contribution is 2.75. The van der Waals surface area contributed by atoms with E-state index in [-0.39, 0.29) is 45.3 Å². The predicted octanol–water partition coefficient (Wildman–Crippen LogP) is 7.71. The molecule has 0 amide bonds. The summed E-state index contributed by atoms with van der Waals surface area (Å²) in [4.78, 5) is 11.9. The second-order valence-corrected chi connectivity index (χ2v) is 15.9. The Morgan fingerprint density at radius 1 is 0.886 bits per heavy atom. The fourth-order valence-electron chi connectivity index (χ4n) is 11.0. The molecule has 5 aliphatic carbocycles. The molecule has 0 spiro atoms. The summed E-state index contributed by atoms with van der Waals surface area (Å²) in [5, 5.41) is 11.8. The van der Waals surface area contributed by atoms with E-state index in [0.29, 0.717) is 23.2 Å². The maximum atomic E-state index is 11.9. The molecular formula is C32H52O3. The Kier molecular flexibility index (Phi) is 5.61. The van der Waals surface area contributed by atoms with Crippen molar-refractivity contribution in [2.75, 3.05) is 0 Å². The van der Waals surface area contributed by atoms with Crippen LogP contribution >= 0.6 is 0 Å². The molecule has 0 heterocycles. The lowest BCUT2D eigenvalue weighted by atomic mass is 9.33. The first-order valence-electron chi connectivity index (χ1n) is 14.6. The van der Waals surface area contributed by atoms with Crippen LogP contribution in [0.1, 0.15) is 120 Å². The van der Waals surface area contributed by atoms with E-state index in [1.807, 2.05) is 0 Å². The largest absolute Gasteiger partial charge is 0.462 e. The van der Waals surface area contributed by atoms with Gasteiger partial charge in [0.25, 0.3) is 0 Å². The standard InChI is InChI=1S/C32H52O3/c1-20(33)35-26-13-14-30(7)23(28(26,4)5)12-15-31(8)24(30)11-10-21-22-18-27(2,3)16-17-29(22,6)25(34)19-32(21,31)9/h10,22-26,34H,11-19H2,1-9H3/t22?,23?,24?,25-,26-,29-,30-,31+,32+/m0/s1. The van der Waals surface area contributed by atoms with Gasteiger partial charge in [-0.05, 0) is 97.2 Å². The zero-order chi connectivity index (χ0) is 25.8. The van der Waals surface area contributed by atoms with Crippen LogP contribution in [0.4, 0.5) is 0 Å². The van der Waals surface area contributed by atoms with E-state index in [0.717, 1.165) is 25.7 Å². The van der Waals surface area contributed by atoms with Crippen molar-refractivity contribution < 1.29 is 14.6 Å². The summed E-state index contributed by atoms with van der Waals surface area (Å²) < 4.78 is 5.89. The van der Waals surface area contributed by atoms with E-state index < -0.39 is 0 Å². The van der Waals surface area contributed by atoms with E-state index in [9.17, 15) is 9.90 Å². The van der Waals surface area contributed by atoms with Gasteiger partial charge in [-0.15, -0.1) is 0 Å². The summed E-state index contributed by atoms with van der Waals surface area (Å²) in [7, 11) is 0. The Labute approximate surface area is 214 Å². The molecule has 4 saturated carbocycles. The molecule has 1 N–H and O–H groups in total. The highest BCUT2D eigenvalue weighted by molar-refractivity contribution is 5.66. The third kappa shape index (κ3) is 3.34. The third-order valence-corrected chi connectivity index (χ3v) is 13.4. The number of rotatable bonds is 1. The Balaban J connectivity index is 1.55. The fraction of sp³-hybridized carbons (Fsp3) is 0.906. The third-order valence-electron chi connectivity index (χ3n) is 13.4. The fourth-order valence-corrected chi connectivity index (χ4v) is 11.0. The number of carbonyl (C=O) groups excluding carboxylic acids is 1. The molecule has 3 unspecified atom stereocenters. The zero-order valence-corrected chi connectivity index (χ0v) is 24.1. The molecule has 4 fully saturated rings. The highest BCUT2D eigenvalue weighted by Gasteiger charge is 2.69. The number of ether oxygens (including phenoxy) is 1. The summed E-state index contributed by atoms with van der Waals surface area (Å²) in [6, 6.07) is 0. The minimum absolute atomic E-state index is 0.0110. The summed E-state index contributed by atoms with van der Waals surface area (Å²) in [5.74, 6) is 1.52. The Morgan fingerprint density at radius 2 is 1.57 bits per heavy atom. The molecule has 5 aliphatic rings. The number of hydrogen-bond donors (Lipinski definition) is 1. The lowest BCUT2D eigenvalue weighted by molar-refractivity contribution is -0.219. The average molecular weight is 485 g/mol. The summed E-state index contributed by atoms with van der Waals surface area (Å²) in [5.41, 5.74) is 2.54. The van der Waals surface area contributed by atoms with E-state index in [1.165, 1.54) is 32.1 Å². The van der Waals surface area contributed by atoms with Gasteiger partial charge in [0.1, 0.15) is 6.10 Å². The van der Waals surface area contributed by atoms with E-state index in [4.69, 9.17) is 4.74 Å². The molecule has 3 nitrogen and oxygen atoms in total. The van der Waals surface area contributed by atoms with Gasteiger partial charge in [-0.2, -0.15) is 0 Å². The SMILES string of the molecule is CC(=O)O[C@H]1CC[C@@]2(C)C(CC[C@]3(C)C2CC=C2C4CC(C)(C)CC[C@]4(C)[C@@H](O)C[C@]23C)C1(C)C. The Hall–Kier alpha value is -0.830. The second-order valence-electron chi connectivity index (χ2n) is 15.9. The lowest BCUT2D eigenvalue weighted by Crippen LogP contribution is -2.66. The number of aliphatic hydroxyl groups excluding tert-OH is 1. The van der Waals surface area contributed by atoms with Gasteiger partial charge >= 0.3 is 5.97 Å². The Morgan fingerprint density at radius 3 is 2.23 bits per heavy atom. The molecule has 9 atom stereocenters. The number of esters is 1. The first-order valence-corrected chi connectivity index (χ1v) is 14.6. The van der Waals surface area contributed by atoms with Crippen LogP contribution in [0.15, 0.2) is 11.6 Å². The number of allylic oxidation sites excluding steroid dienone is 2. The van der Waals surface area contributed by atoms with Gasteiger partial charge in [0.05, 0.1) is 6.10 Å². The normalized spacial score (nSPS) is 52.2. The zero-order valence-electron chi connectivity index (χ0n) is 24.1. The van der Waals surface area contributed by atoms with Gasteiger partial charge in [0.2, 0.25) is 0 Å². The minimum Gasteiger partial charge on any atom is -0.462 e. The van der Waals surface area contributed by atoms with Crippen molar-refractivity contribution in [1.82, 2.24) is 0 Å². The van der Waals surface area contributed by atoms with E-state index >= 15 is 0 Å². The molecule has 0 bridgehead atoms. The van der Waals surface area contributed by atoms with Crippen LogP contribution in [0.2, 0.25) is 0 Å². The van der Waals surface area contributed by atoms with Crippen molar-refractivity contribution in [2.24, 2.45) is 50.2 Å². The number of carbonyl (C=O) groups is 1.